The van der Waals surface area contributed by atoms with Crippen LogP contribution in [0.5, 0.6) is 0 Å². The molecule has 0 aromatic heterocycles. The van der Waals surface area contributed by atoms with Crippen LogP contribution in [0.1, 0.15) is 29.5 Å². The average Bonchev–Trinajstić information content (AvgIpc) is 3.30. The quantitative estimate of drug-likeness (QED) is 0.425. The Morgan fingerprint density at radius 2 is 1.84 bits per heavy atom. The summed E-state index contributed by atoms with van der Waals surface area (Å²) in [6.07, 6.45) is 4.23. The van der Waals surface area contributed by atoms with Crippen LogP contribution in [0.2, 0.25) is 0 Å². The lowest BCUT2D eigenvalue weighted by Crippen LogP contribution is -2.27. The summed E-state index contributed by atoms with van der Waals surface area (Å²) >= 11 is 0. The Balaban J connectivity index is 1.52. The molecule has 1 heterocycles. The van der Waals surface area contributed by atoms with Gasteiger partial charge in [0.05, 0.1) is 0 Å². The molecule has 156 valence electrons. The summed E-state index contributed by atoms with van der Waals surface area (Å²) in [7, 11) is 1.75. The Morgan fingerprint density at radius 3 is 2.58 bits per heavy atom. The molecule has 0 spiro atoms. The Kier molecular flexibility index (Phi) is 6.45. The standard InChI is InChI=1S/C27H27N3O/c1-29(27(31)25(18-28)16-21-8-3-2-4-9-21)20-24-11-7-10-23-17-22(12-13-26(23)24)19-30-14-5-6-15-30/h2-4,7-13,16-17H,5-6,14-15,19-20H2,1H3. The molecular formula is C27H27N3O. The van der Waals surface area contributed by atoms with E-state index in [1.807, 2.05) is 36.4 Å². The average molecular weight is 410 g/mol. The summed E-state index contributed by atoms with van der Waals surface area (Å²) in [6.45, 7) is 3.81. The molecule has 1 aliphatic heterocycles. The van der Waals surface area contributed by atoms with Gasteiger partial charge in [0.25, 0.3) is 5.91 Å². The van der Waals surface area contributed by atoms with Crippen molar-refractivity contribution in [1.29, 1.82) is 5.26 Å². The van der Waals surface area contributed by atoms with E-state index in [1.54, 1.807) is 18.0 Å². The number of hydrogen-bond acceptors (Lipinski definition) is 3. The second-order valence-electron chi connectivity index (χ2n) is 8.20. The van der Waals surface area contributed by atoms with Gasteiger partial charge in [-0.25, -0.2) is 0 Å². The minimum Gasteiger partial charge on any atom is -0.337 e. The van der Waals surface area contributed by atoms with Crippen molar-refractivity contribution < 1.29 is 4.79 Å². The fourth-order valence-corrected chi connectivity index (χ4v) is 4.23. The number of nitriles is 1. The highest BCUT2D eigenvalue weighted by molar-refractivity contribution is 6.01. The second-order valence-corrected chi connectivity index (χ2v) is 8.20. The van der Waals surface area contributed by atoms with Crippen molar-refractivity contribution in [2.45, 2.75) is 25.9 Å². The van der Waals surface area contributed by atoms with E-state index in [2.05, 4.69) is 41.3 Å². The van der Waals surface area contributed by atoms with Gasteiger partial charge in [0.15, 0.2) is 0 Å². The molecule has 0 bridgehead atoms. The highest BCUT2D eigenvalue weighted by Gasteiger charge is 2.16. The van der Waals surface area contributed by atoms with E-state index in [-0.39, 0.29) is 11.5 Å². The van der Waals surface area contributed by atoms with Crippen molar-refractivity contribution in [2.75, 3.05) is 20.1 Å². The number of amides is 1. The molecular weight excluding hydrogens is 382 g/mol. The van der Waals surface area contributed by atoms with Crippen molar-refractivity contribution >= 4 is 22.8 Å². The molecule has 1 amide bonds. The maximum absolute atomic E-state index is 12.9. The first-order valence-corrected chi connectivity index (χ1v) is 10.8. The minimum atomic E-state index is -0.269. The van der Waals surface area contributed by atoms with Gasteiger partial charge in [0, 0.05) is 20.1 Å². The molecule has 0 saturated carbocycles. The zero-order valence-corrected chi connectivity index (χ0v) is 17.9. The molecule has 3 aromatic rings. The number of fused-ring (bicyclic) bond motifs is 1. The molecule has 4 heteroatoms. The predicted octanol–water partition coefficient (Wildman–Crippen LogP) is 5.00. The Morgan fingerprint density at radius 1 is 1.06 bits per heavy atom. The summed E-state index contributed by atoms with van der Waals surface area (Å²) < 4.78 is 0. The summed E-state index contributed by atoms with van der Waals surface area (Å²) in [5.41, 5.74) is 3.39. The number of likely N-dealkylation sites (tertiary alicyclic amines) is 1. The normalized spacial score (nSPS) is 14.5. The molecule has 1 aliphatic rings. The first kappa shape index (κ1) is 20.8. The topological polar surface area (TPSA) is 47.3 Å². The third-order valence-electron chi connectivity index (χ3n) is 5.86. The van der Waals surface area contributed by atoms with Crippen LogP contribution in [0.15, 0.2) is 72.3 Å². The highest BCUT2D eigenvalue weighted by atomic mass is 16.2. The molecule has 0 N–H and O–H groups in total. The van der Waals surface area contributed by atoms with Gasteiger partial charge in [-0.3, -0.25) is 9.69 Å². The third-order valence-corrected chi connectivity index (χ3v) is 5.86. The molecule has 0 aliphatic carbocycles. The van der Waals surface area contributed by atoms with E-state index in [0.717, 1.165) is 23.1 Å². The van der Waals surface area contributed by atoms with Crippen LogP contribution in [0.3, 0.4) is 0 Å². The Bertz CT molecular complexity index is 1140. The van der Waals surface area contributed by atoms with Crippen molar-refractivity contribution in [2.24, 2.45) is 0 Å². The summed E-state index contributed by atoms with van der Waals surface area (Å²) in [4.78, 5) is 17.0. The summed E-state index contributed by atoms with van der Waals surface area (Å²) in [6, 6.07) is 24.4. The zero-order chi connectivity index (χ0) is 21.6. The predicted molar refractivity (Wildman–Crippen MR) is 125 cm³/mol. The molecule has 4 nitrogen and oxygen atoms in total. The van der Waals surface area contributed by atoms with Gasteiger partial charge in [-0.1, -0.05) is 60.7 Å². The van der Waals surface area contributed by atoms with Crippen LogP contribution in [0, 0.1) is 11.3 Å². The van der Waals surface area contributed by atoms with Gasteiger partial charge in [-0.05, 0) is 65.5 Å². The number of carbonyl (C=O) groups excluding carboxylic acids is 1. The smallest absolute Gasteiger partial charge is 0.264 e. The maximum atomic E-state index is 12.9. The van der Waals surface area contributed by atoms with Gasteiger partial charge in [0.1, 0.15) is 11.6 Å². The Labute approximate surface area is 184 Å². The van der Waals surface area contributed by atoms with E-state index in [1.165, 1.54) is 36.9 Å². The number of hydrogen-bond donors (Lipinski definition) is 0. The first-order valence-electron chi connectivity index (χ1n) is 10.8. The van der Waals surface area contributed by atoms with E-state index >= 15 is 0 Å². The number of benzene rings is 3. The number of nitrogens with zero attached hydrogens (tertiary/aromatic N) is 3. The van der Waals surface area contributed by atoms with E-state index < -0.39 is 0 Å². The number of likely N-dealkylation sites (N-methyl/N-ethyl adjacent to an activating group) is 1. The molecule has 1 saturated heterocycles. The zero-order valence-electron chi connectivity index (χ0n) is 17.9. The van der Waals surface area contributed by atoms with Gasteiger partial charge >= 0.3 is 0 Å². The van der Waals surface area contributed by atoms with Gasteiger partial charge < -0.3 is 4.90 Å². The lowest BCUT2D eigenvalue weighted by molar-refractivity contribution is -0.125. The lowest BCUT2D eigenvalue weighted by atomic mass is 10.0. The molecule has 31 heavy (non-hydrogen) atoms. The van der Waals surface area contributed by atoms with Crippen LogP contribution in [0.25, 0.3) is 16.8 Å². The number of rotatable bonds is 6. The maximum Gasteiger partial charge on any atom is 0.264 e. The van der Waals surface area contributed by atoms with Crippen molar-refractivity contribution in [1.82, 2.24) is 9.80 Å². The van der Waals surface area contributed by atoms with Crippen molar-refractivity contribution in [3.05, 3.63) is 89.0 Å². The first-order chi connectivity index (χ1) is 15.1. The molecule has 0 atom stereocenters. The minimum absolute atomic E-state index is 0.141. The van der Waals surface area contributed by atoms with E-state index in [0.29, 0.717) is 6.54 Å². The van der Waals surface area contributed by atoms with Crippen LogP contribution >= 0.6 is 0 Å². The van der Waals surface area contributed by atoms with Crippen LogP contribution in [0.4, 0.5) is 0 Å². The summed E-state index contributed by atoms with van der Waals surface area (Å²) in [5, 5.41) is 11.9. The summed E-state index contributed by atoms with van der Waals surface area (Å²) in [5.74, 6) is -0.269. The molecule has 0 unspecified atom stereocenters. The van der Waals surface area contributed by atoms with E-state index in [9.17, 15) is 10.1 Å². The highest BCUT2D eigenvalue weighted by Crippen LogP contribution is 2.23. The van der Waals surface area contributed by atoms with Crippen molar-refractivity contribution in [3.63, 3.8) is 0 Å². The molecule has 1 fully saturated rings. The molecule has 0 radical (unpaired) electrons. The van der Waals surface area contributed by atoms with E-state index in [4.69, 9.17) is 0 Å². The van der Waals surface area contributed by atoms with Gasteiger partial charge in [-0.2, -0.15) is 5.26 Å². The fraction of sp³-hybridized carbons (Fsp3) is 0.259. The molecule has 3 aromatic carbocycles. The SMILES string of the molecule is CN(Cc1cccc2cc(CN3CCCC3)ccc12)C(=O)C(C#N)=Cc1ccccc1. The second kappa shape index (κ2) is 9.59. The van der Waals surface area contributed by atoms with Gasteiger partial charge in [0.2, 0.25) is 0 Å². The van der Waals surface area contributed by atoms with Crippen LogP contribution in [-0.2, 0) is 17.9 Å². The van der Waals surface area contributed by atoms with Gasteiger partial charge in [-0.15, -0.1) is 0 Å². The van der Waals surface area contributed by atoms with Crippen molar-refractivity contribution in [3.8, 4) is 6.07 Å². The van der Waals surface area contributed by atoms with Crippen LogP contribution < -0.4 is 0 Å². The fourth-order valence-electron chi connectivity index (χ4n) is 4.23. The monoisotopic (exact) mass is 409 g/mol. The molecule has 4 rings (SSSR count). The van der Waals surface area contributed by atoms with Crippen LogP contribution in [-0.4, -0.2) is 35.8 Å². The third kappa shape index (κ3) is 5.02. The lowest BCUT2D eigenvalue weighted by Gasteiger charge is -2.19. The Hall–Kier alpha value is -3.42. The largest absolute Gasteiger partial charge is 0.337 e. The number of carbonyl (C=O) groups is 1.